The van der Waals surface area contributed by atoms with E-state index in [1.165, 1.54) is 0 Å². The number of fused-ring (bicyclic) bond motifs is 1. The zero-order valence-electron chi connectivity index (χ0n) is 15.3. The molecule has 7 heterocycles. The number of anilines is 2. The third kappa shape index (κ3) is 2.55. The number of nitrogens with zero attached hydrogens (tertiary/aromatic N) is 7. The minimum Gasteiger partial charge on any atom is -0.348 e. The Balaban J connectivity index is 1.64. The lowest BCUT2D eigenvalue weighted by molar-refractivity contribution is 0.0257. The van der Waals surface area contributed by atoms with Crippen LogP contribution >= 0.6 is 0 Å². The van der Waals surface area contributed by atoms with Crippen molar-refractivity contribution in [2.45, 2.75) is 51.7 Å². The minimum absolute atomic E-state index is 0.159. The van der Waals surface area contributed by atoms with Crippen molar-refractivity contribution >= 4 is 22.9 Å². The van der Waals surface area contributed by atoms with Gasteiger partial charge in [0.1, 0.15) is 16.9 Å². The molecular weight excluding hydrogens is 358 g/mol. The Labute approximate surface area is 153 Å². The second-order valence-electron chi connectivity index (χ2n) is 7.99. The van der Waals surface area contributed by atoms with Gasteiger partial charge in [0.15, 0.2) is 11.5 Å². The quantitative estimate of drug-likeness (QED) is 0.746. The van der Waals surface area contributed by atoms with Crippen molar-refractivity contribution in [2.75, 3.05) is 23.3 Å². The van der Waals surface area contributed by atoms with Crippen LogP contribution in [0, 0.1) is 6.92 Å². The minimum atomic E-state index is -2.69. The molecule has 0 aromatic carbocycles. The number of nitrogens with one attached hydrogen (secondary N) is 1. The lowest BCUT2D eigenvalue weighted by atomic mass is 10.1. The summed E-state index contributed by atoms with van der Waals surface area (Å²) in [5.74, 6) is -1.68. The smallest absolute Gasteiger partial charge is 0.266 e. The van der Waals surface area contributed by atoms with E-state index in [1.807, 2.05) is 16.3 Å². The number of aryl methyl sites for hydroxylation is 1. The average molecular weight is 378 g/mol. The molecule has 1 fully saturated rings. The van der Waals surface area contributed by atoms with Gasteiger partial charge in [-0.25, -0.2) is 13.4 Å². The van der Waals surface area contributed by atoms with Gasteiger partial charge >= 0.3 is 0 Å². The Morgan fingerprint density at radius 2 is 2.00 bits per heavy atom. The highest BCUT2D eigenvalue weighted by Crippen LogP contribution is 2.38. The van der Waals surface area contributed by atoms with Gasteiger partial charge in [-0.05, 0) is 20.8 Å². The molecule has 1 N–H and O–H groups in total. The van der Waals surface area contributed by atoms with Gasteiger partial charge in [-0.3, -0.25) is 9.36 Å². The first-order chi connectivity index (χ1) is 12.7. The number of aromatic nitrogens is 6. The van der Waals surface area contributed by atoms with E-state index < -0.39 is 5.92 Å². The molecule has 144 valence electrons. The molecule has 11 heteroatoms. The lowest BCUT2D eigenvalue weighted by Crippen LogP contribution is -2.44. The predicted molar refractivity (Wildman–Crippen MR) is 93.1 cm³/mol. The molecule has 4 aliphatic heterocycles. The first kappa shape index (κ1) is 16.5. The Hall–Kier alpha value is -2.72. The third-order valence-corrected chi connectivity index (χ3v) is 5.15. The molecule has 3 aromatic rings. The molecule has 1 saturated heterocycles. The third-order valence-electron chi connectivity index (χ3n) is 5.15. The molecule has 4 bridgehead atoms. The van der Waals surface area contributed by atoms with Crippen molar-refractivity contribution in [3.63, 3.8) is 0 Å². The van der Waals surface area contributed by atoms with Crippen LogP contribution in [0.15, 0.2) is 4.63 Å². The summed E-state index contributed by atoms with van der Waals surface area (Å²) < 4.78 is 36.3. The van der Waals surface area contributed by atoms with E-state index in [-0.39, 0.29) is 25.0 Å². The van der Waals surface area contributed by atoms with Gasteiger partial charge < -0.3 is 10.2 Å². The average Bonchev–Trinajstić information content (AvgIpc) is 3.13. The van der Waals surface area contributed by atoms with Crippen molar-refractivity contribution in [3.8, 4) is 0 Å². The maximum atomic E-state index is 13.8. The summed E-state index contributed by atoms with van der Waals surface area (Å²) in [4.78, 5) is 10.8. The van der Waals surface area contributed by atoms with Crippen molar-refractivity contribution in [1.29, 1.82) is 0 Å². The van der Waals surface area contributed by atoms with Gasteiger partial charge in [0.05, 0.1) is 25.2 Å². The summed E-state index contributed by atoms with van der Waals surface area (Å²) in [5.41, 5.74) is 2.63. The second-order valence-corrected chi connectivity index (χ2v) is 7.99. The summed E-state index contributed by atoms with van der Waals surface area (Å²) in [7, 11) is 0. The van der Waals surface area contributed by atoms with E-state index in [2.05, 4.69) is 39.4 Å². The molecule has 7 rings (SSSR count). The van der Waals surface area contributed by atoms with Crippen LogP contribution in [0.3, 0.4) is 0 Å². The summed E-state index contributed by atoms with van der Waals surface area (Å²) in [6.45, 7) is 6.98. The molecular formula is C16H20F2N8O. The lowest BCUT2D eigenvalue weighted by Gasteiger charge is -2.38. The van der Waals surface area contributed by atoms with Crippen LogP contribution < -0.4 is 10.2 Å². The van der Waals surface area contributed by atoms with Crippen LogP contribution in [0.25, 0.3) is 11.2 Å². The van der Waals surface area contributed by atoms with Crippen LogP contribution in [0.5, 0.6) is 0 Å². The van der Waals surface area contributed by atoms with E-state index in [9.17, 15) is 8.78 Å². The van der Waals surface area contributed by atoms with Crippen LogP contribution in [0.4, 0.5) is 20.5 Å². The standard InChI is InChI=1S/C16H20F2N8O/c1-9-10(23-27-22-9)6-25-13-11-12(24-5-4-16(17,18)8-24)19-14(20-13)21-15(2,3)7-26(11)25/h4-8H2,1-3H3,(H,19,20,21). The van der Waals surface area contributed by atoms with Crippen LogP contribution in [0.1, 0.15) is 31.7 Å². The topological polar surface area (TPSA) is 89.8 Å². The maximum Gasteiger partial charge on any atom is 0.266 e. The molecule has 3 aromatic heterocycles. The predicted octanol–water partition coefficient (Wildman–Crippen LogP) is 2.02. The Kier molecular flexibility index (Phi) is 3.15. The largest absolute Gasteiger partial charge is 0.348 e. The van der Waals surface area contributed by atoms with Gasteiger partial charge in [0.25, 0.3) is 5.92 Å². The number of hydrogen-bond donors (Lipinski definition) is 1. The van der Waals surface area contributed by atoms with E-state index >= 15 is 0 Å². The fourth-order valence-electron chi connectivity index (χ4n) is 3.80. The summed E-state index contributed by atoms with van der Waals surface area (Å²) in [6, 6.07) is 0. The summed E-state index contributed by atoms with van der Waals surface area (Å²) in [5, 5.41) is 11.1. The highest BCUT2D eigenvalue weighted by Gasteiger charge is 2.41. The molecule has 9 nitrogen and oxygen atoms in total. The number of hydrogen-bond acceptors (Lipinski definition) is 7. The van der Waals surface area contributed by atoms with Crippen LogP contribution in [0.2, 0.25) is 0 Å². The normalized spacial score (nSPS) is 20.4. The zero-order valence-corrected chi connectivity index (χ0v) is 15.3. The van der Waals surface area contributed by atoms with Crippen molar-refractivity contribution in [2.24, 2.45) is 0 Å². The molecule has 0 saturated carbocycles. The van der Waals surface area contributed by atoms with Crippen LogP contribution in [-0.2, 0) is 13.1 Å². The number of halogens is 2. The van der Waals surface area contributed by atoms with Gasteiger partial charge in [-0.2, -0.15) is 9.97 Å². The first-order valence-corrected chi connectivity index (χ1v) is 8.88. The Bertz CT molecular complexity index is 1030. The fourth-order valence-corrected chi connectivity index (χ4v) is 3.80. The van der Waals surface area contributed by atoms with Gasteiger partial charge in [0, 0.05) is 13.0 Å². The SMILES string of the molecule is Cc1nonc1Cn1c2nc3nc(N4CCC(F)(F)C4)c2n1CC(C)(C)N3. The van der Waals surface area contributed by atoms with E-state index in [4.69, 9.17) is 4.63 Å². The summed E-state index contributed by atoms with van der Waals surface area (Å²) >= 11 is 0. The molecule has 0 atom stereocenters. The fraction of sp³-hybridized carbons (Fsp3) is 0.625. The Morgan fingerprint density at radius 3 is 2.67 bits per heavy atom. The highest BCUT2D eigenvalue weighted by molar-refractivity contribution is 5.88. The highest BCUT2D eigenvalue weighted by atomic mass is 19.3. The molecule has 0 spiro atoms. The molecule has 0 unspecified atom stereocenters. The second kappa shape index (κ2) is 5.17. The van der Waals surface area contributed by atoms with E-state index in [0.29, 0.717) is 41.9 Å². The zero-order chi connectivity index (χ0) is 19.0. The van der Waals surface area contributed by atoms with Crippen LogP contribution in [-0.4, -0.2) is 54.2 Å². The number of rotatable bonds is 3. The molecule has 0 radical (unpaired) electrons. The molecule has 0 aliphatic carbocycles. The molecule has 4 aliphatic rings. The van der Waals surface area contributed by atoms with E-state index in [0.717, 1.165) is 5.52 Å². The van der Waals surface area contributed by atoms with E-state index in [1.54, 1.807) is 4.90 Å². The maximum absolute atomic E-state index is 13.8. The van der Waals surface area contributed by atoms with Gasteiger partial charge in [-0.15, -0.1) is 0 Å². The molecule has 0 amide bonds. The first-order valence-electron chi connectivity index (χ1n) is 8.88. The van der Waals surface area contributed by atoms with Crippen molar-refractivity contribution < 1.29 is 13.4 Å². The monoisotopic (exact) mass is 378 g/mol. The number of alkyl halides is 2. The van der Waals surface area contributed by atoms with Gasteiger partial charge in [-0.1, -0.05) is 10.3 Å². The molecule has 27 heavy (non-hydrogen) atoms. The summed E-state index contributed by atoms with van der Waals surface area (Å²) in [6.07, 6.45) is -0.159. The van der Waals surface area contributed by atoms with Crippen molar-refractivity contribution in [1.82, 2.24) is 29.6 Å². The van der Waals surface area contributed by atoms with Crippen molar-refractivity contribution in [3.05, 3.63) is 11.4 Å². The Morgan fingerprint density at radius 1 is 1.19 bits per heavy atom. The van der Waals surface area contributed by atoms with Gasteiger partial charge in [0.2, 0.25) is 5.95 Å².